The van der Waals surface area contributed by atoms with Crippen LogP contribution < -0.4 is 10.1 Å². The molecule has 3 rings (SSSR count). The Morgan fingerprint density at radius 1 is 1.11 bits per heavy atom. The van der Waals surface area contributed by atoms with Crippen molar-refractivity contribution in [3.05, 3.63) is 60.2 Å². The van der Waals surface area contributed by atoms with Crippen LogP contribution in [-0.4, -0.2) is 43.0 Å². The van der Waals surface area contributed by atoms with Gasteiger partial charge in [0.2, 0.25) is 0 Å². The van der Waals surface area contributed by atoms with Crippen molar-refractivity contribution in [2.24, 2.45) is 0 Å². The lowest BCUT2D eigenvalue weighted by atomic mass is 10.1. The second-order valence-corrected chi connectivity index (χ2v) is 6.51. The number of aromatic nitrogens is 2. The van der Waals surface area contributed by atoms with Gasteiger partial charge in [-0.25, -0.2) is 0 Å². The largest absolute Gasteiger partial charge is 0.497 e. The van der Waals surface area contributed by atoms with Crippen LogP contribution in [0.1, 0.15) is 23.7 Å². The minimum absolute atomic E-state index is 0.00945. The molecule has 1 aromatic heterocycles. The number of benzene rings is 2. The lowest BCUT2D eigenvalue weighted by molar-refractivity contribution is 0.0894. The van der Waals surface area contributed by atoms with Gasteiger partial charge in [-0.2, -0.15) is 5.10 Å². The Bertz CT molecular complexity index is 919. The van der Waals surface area contributed by atoms with E-state index in [2.05, 4.69) is 15.5 Å². The first kappa shape index (κ1) is 19.6. The number of methoxy groups -OCH3 is 2. The molecule has 0 spiro atoms. The van der Waals surface area contributed by atoms with Gasteiger partial charge in [0.15, 0.2) is 0 Å². The molecule has 1 atom stereocenters. The first-order valence-electron chi connectivity index (χ1n) is 9.24. The number of nitrogens with one attached hydrogen (secondary N) is 2. The van der Waals surface area contributed by atoms with Gasteiger partial charge in [-0.15, -0.1) is 0 Å². The summed E-state index contributed by atoms with van der Waals surface area (Å²) in [5.74, 6) is 0.688. The van der Waals surface area contributed by atoms with E-state index in [0.29, 0.717) is 12.2 Å². The summed E-state index contributed by atoms with van der Waals surface area (Å²) in [7, 11) is 3.28. The van der Waals surface area contributed by atoms with Crippen LogP contribution in [0.3, 0.4) is 0 Å². The SMILES string of the molecule is CCC(COC)NC(=O)c1ccc(-c2cc(-c3cccc(OC)c3)n[nH]2)cc1. The maximum atomic E-state index is 12.4. The summed E-state index contributed by atoms with van der Waals surface area (Å²) in [5.41, 5.74) is 4.27. The summed E-state index contributed by atoms with van der Waals surface area (Å²) in [6, 6.07) is 17.2. The molecular weight excluding hydrogens is 354 g/mol. The van der Waals surface area contributed by atoms with Crippen LogP contribution in [0.25, 0.3) is 22.5 Å². The van der Waals surface area contributed by atoms with Gasteiger partial charge in [-0.3, -0.25) is 9.89 Å². The number of amides is 1. The van der Waals surface area contributed by atoms with Gasteiger partial charge in [0.05, 0.1) is 31.1 Å². The fourth-order valence-corrected chi connectivity index (χ4v) is 2.93. The number of hydrogen-bond donors (Lipinski definition) is 2. The van der Waals surface area contributed by atoms with E-state index >= 15 is 0 Å². The monoisotopic (exact) mass is 379 g/mol. The van der Waals surface area contributed by atoms with E-state index in [0.717, 1.165) is 34.7 Å². The molecule has 0 radical (unpaired) electrons. The number of hydrogen-bond acceptors (Lipinski definition) is 4. The lowest BCUT2D eigenvalue weighted by Gasteiger charge is -2.15. The molecule has 6 nitrogen and oxygen atoms in total. The molecule has 0 aliphatic rings. The third kappa shape index (κ3) is 4.58. The molecule has 0 bridgehead atoms. The highest BCUT2D eigenvalue weighted by Crippen LogP contribution is 2.26. The van der Waals surface area contributed by atoms with Crippen molar-refractivity contribution in [2.45, 2.75) is 19.4 Å². The van der Waals surface area contributed by atoms with Crippen LogP contribution >= 0.6 is 0 Å². The zero-order chi connectivity index (χ0) is 19.9. The minimum atomic E-state index is -0.0999. The van der Waals surface area contributed by atoms with Gasteiger partial charge >= 0.3 is 0 Å². The van der Waals surface area contributed by atoms with Crippen molar-refractivity contribution in [3.63, 3.8) is 0 Å². The summed E-state index contributed by atoms with van der Waals surface area (Å²) in [6.45, 7) is 2.52. The van der Waals surface area contributed by atoms with E-state index in [-0.39, 0.29) is 11.9 Å². The molecule has 0 saturated carbocycles. The van der Waals surface area contributed by atoms with Gasteiger partial charge in [-0.1, -0.05) is 31.2 Å². The zero-order valence-corrected chi connectivity index (χ0v) is 16.4. The molecule has 0 saturated heterocycles. The molecule has 2 aromatic carbocycles. The van der Waals surface area contributed by atoms with Crippen LogP contribution in [0.5, 0.6) is 5.75 Å². The topological polar surface area (TPSA) is 76.2 Å². The number of carbonyl (C=O) groups excluding carboxylic acids is 1. The second kappa shape index (κ2) is 9.19. The predicted molar refractivity (Wildman–Crippen MR) is 109 cm³/mol. The third-order valence-electron chi connectivity index (χ3n) is 4.60. The second-order valence-electron chi connectivity index (χ2n) is 6.51. The summed E-state index contributed by atoms with van der Waals surface area (Å²) in [4.78, 5) is 12.4. The fraction of sp³-hybridized carbons (Fsp3) is 0.273. The molecule has 3 aromatic rings. The van der Waals surface area contributed by atoms with Crippen molar-refractivity contribution in [1.29, 1.82) is 0 Å². The van der Waals surface area contributed by atoms with E-state index in [1.807, 2.05) is 61.5 Å². The normalized spacial score (nSPS) is 11.8. The molecule has 0 aliphatic heterocycles. The van der Waals surface area contributed by atoms with Gasteiger partial charge in [0, 0.05) is 18.2 Å². The van der Waals surface area contributed by atoms with Crippen LogP contribution in [0, 0.1) is 0 Å². The van der Waals surface area contributed by atoms with Gasteiger partial charge in [0.1, 0.15) is 5.75 Å². The van der Waals surface area contributed by atoms with Gasteiger partial charge < -0.3 is 14.8 Å². The van der Waals surface area contributed by atoms with E-state index in [9.17, 15) is 4.79 Å². The Labute approximate surface area is 164 Å². The first-order chi connectivity index (χ1) is 13.6. The summed E-state index contributed by atoms with van der Waals surface area (Å²) >= 11 is 0. The van der Waals surface area contributed by atoms with E-state index in [4.69, 9.17) is 9.47 Å². The molecule has 28 heavy (non-hydrogen) atoms. The Morgan fingerprint density at radius 2 is 1.89 bits per heavy atom. The third-order valence-corrected chi connectivity index (χ3v) is 4.60. The average molecular weight is 379 g/mol. The Morgan fingerprint density at radius 3 is 2.57 bits per heavy atom. The minimum Gasteiger partial charge on any atom is -0.497 e. The number of nitrogens with zero attached hydrogens (tertiary/aromatic N) is 1. The molecule has 0 aliphatic carbocycles. The van der Waals surface area contributed by atoms with E-state index in [1.54, 1.807) is 14.2 Å². The highest BCUT2D eigenvalue weighted by molar-refractivity contribution is 5.94. The molecule has 0 fully saturated rings. The van der Waals surface area contributed by atoms with Crippen LogP contribution in [0.15, 0.2) is 54.6 Å². The Hall–Kier alpha value is -3.12. The molecule has 146 valence electrons. The standard InChI is InChI=1S/C22H25N3O3/c1-4-18(14-27-2)23-22(26)16-10-8-15(9-11-16)20-13-21(25-24-20)17-6-5-7-19(12-17)28-3/h5-13,18H,4,14H2,1-3H3,(H,23,26)(H,24,25). The smallest absolute Gasteiger partial charge is 0.251 e. The maximum Gasteiger partial charge on any atom is 0.251 e. The summed E-state index contributed by atoms with van der Waals surface area (Å²) in [5, 5.41) is 10.4. The van der Waals surface area contributed by atoms with Crippen LogP contribution in [0.4, 0.5) is 0 Å². The highest BCUT2D eigenvalue weighted by Gasteiger charge is 2.13. The first-order valence-corrected chi connectivity index (χ1v) is 9.24. The van der Waals surface area contributed by atoms with Crippen molar-refractivity contribution in [3.8, 4) is 28.3 Å². The molecule has 2 N–H and O–H groups in total. The number of H-pyrrole nitrogens is 1. The zero-order valence-electron chi connectivity index (χ0n) is 16.4. The molecular formula is C22H25N3O3. The number of rotatable bonds is 8. The summed E-state index contributed by atoms with van der Waals surface area (Å²) < 4.78 is 10.4. The number of ether oxygens (including phenoxy) is 2. The van der Waals surface area contributed by atoms with Crippen molar-refractivity contribution < 1.29 is 14.3 Å². The van der Waals surface area contributed by atoms with Gasteiger partial charge in [-0.05, 0) is 42.3 Å². The molecule has 1 heterocycles. The highest BCUT2D eigenvalue weighted by atomic mass is 16.5. The van der Waals surface area contributed by atoms with Crippen LogP contribution in [-0.2, 0) is 4.74 Å². The van der Waals surface area contributed by atoms with Gasteiger partial charge in [0.25, 0.3) is 5.91 Å². The Kier molecular flexibility index (Phi) is 6.45. The average Bonchev–Trinajstić information content (AvgIpc) is 3.24. The van der Waals surface area contributed by atoms with Crippen LogP contribution in [0.2, 0.25) is 0 Å². The van der Waals surface area contributed by atoms with E-state index in [1.165, 1.54) is 0 Å². The van der Waals surface area contributed by atoms with Crippen molar-refractivity contribution >= 4 is 5.91 Å². The van der Waals surface area contributed by atoms with Crippen molar-refractivity contribution in [2.75, 3.05) is 20.8 Å². The molecule has 1 unspecified atom stereocenters. The van der Waals surface area contributed by atoms with Crippen molar-refractivity contribution in [1.82, 2.24) is 15.5 Å². The number of aromatic amines is 1. The number of carbonyl (C=O) groups is 1. The quantitative estimate of drug-likeness (QED) is 0.622. The summed E-state index contributed by atoms with van der Waals surface area (Å²) in [6.07, 6.45) is 0.818. The fourth-order valence-electron chi connectivity index (χ4n) is 2.93. The van der Waals surface area contributed by atoms with E-state index < -0.39 is 0 Å². The maximum absolute atomic E-state index is 12.4. The predicted octanol–water partition coefficient (Wildman–Crippen LogP) is 3.91. The Balaban J connectivity index is 1.73. The lowest BCUT2D eigenvalue weighted by Crippen LogP contribution is -2.37. The molecule has 6 heteroatoms. The molecule has 1 amide bonds.